The Bertz CT molecular complexity index is 517. The van der Waals surface area contributed by atoms with E-state index in [1.165, 1.54) is 0 Å². The summed E-state index contributed by atoms with van der Waals surface area (Å²) >= 11 is 0. The first kappa shape index (κ1) is 15.3. The molecule has 120 valence electrons. The van der Waals surface area contributed by atoms with Crippen LogP contribution in [0, 0.1) is 5.92 Å². The van der Waals surface area contributed by atoms with Crippen molar-refractivity contribution in [1.29, 1.82) is 0 Å². The van der Waals surface area contributed by atoms with Crippen molar-refractivity contribution in [3.8, 4) is 0 Å². The Kier molecular flexibility index (Phi) is 4.62. The molecule has 5 nitrogen and oxygen atoms in total. The molecule has 0 unspecified atom stereocenters. The highest BCUT2D eigenvalue weighted by molar-refractivity contribution is 5.94. The van der Waals surface area contributed by atoms with Gasteiger partial charge in [0.05, 0.1) is 17.4 Å². The van der Waals surface area contributed by atoms with Crippen LogP contribution in [-0.4, -0.2) is 67.0 Å². The zero-order valence-electron chi connectivity index (χ0n) is 13.7. The van der Waals surface area contributed by atoms with E-state index in [1.54, 1.807) is 6.20 Å². The lowest BCUT2D eigenvalue weighted by atomic mass is 9.99. The van der Waals surface area contributed by atoms with Crippen LogP contribution >= 0.6 is 0 Å². The largest absolute Gasteiger partial charge is 0.368 e. The third-order valence-corrected chi connectivity index (χ3v) is 4.91. The number of amides is 1. The maximum atomic E-state index is 12.7. The zero-order valence-corrected chi connectivity index (χ0v) is 13.7. The fourth-order valence-corrected chi connectivity index (χ4v) is 3.18. The third kappa shape index (κ3) is 3.40. The summed E-state index contributed by atoms with van der Waals surface area (Å²) < 4.78 is 0. The quantitative estimate of drug-likeness (QED) is 0.834. The van der Waals surface area contributed by atoms with Crippen molar-refractivity contribution in [3.05, 3.63) is 24.0 Å². The molecule has 2 fully saturated rings. The Balaban J connectivity index is 1.69. The lowest BCUT2D eigenvalue weighted by molar-refractivity contribution is 0.0697. The Hall–Kier alpha value is -1.62. The van der Waals surface area contributed by atoms with E-state index >= 15 is 0 Å². The van der Waals surface area contributed by atoms with E-state index in [4.69, 9.17) is 0 Å². The van der Waals surface area contributed by atoms with Gasteiger partial charge < -0.3 is 14.7 Å². The number of piperazine rings is 1. The second kappa shape index (κ2) is 6.65. The van der Waals surface area contributed by atoms with Gasteiger partial charge in [-0.2, -0.15) is 0 Å². The molecule has 3 heterocycles. The van der Waals surface area contributed by atoms with E-state index in [2.05, 4.69) is 28.8 Å². The summed E-state index contributed by atoms with van der Waals surface area (Å²) in [6.07, 6.45) is 5.80. The molecule has 0 aliphatic carbocycles. The van der Waals surface area contributed by atoms with Gasteiger partial charge in [0, 0.05) is 45.5 Å². The second-order valence-corrected chi connectivity index (χ2v) is 6.70. The van der Waals surface area contributed by atoms with Crippen molar-refractivity contribution < 1.29 is 4.79 Å². The molecule has 1 aromatic rings. The van der Waals surface area contributed by atoms with E-state index in [1.807, 2.05) is 17.2 Å². The highest BCUT2D eigenvalue weighted by Gasteiger charge is 2.22. The zero-order chi connectivity index (χ0) is 15.5. The van der Waals surface area contributed by atoms with E-state index in [0.717, 1.165) is 69.3 Å². The van der Waals surface area contributed by atoms with Gasteiger partial charge in [0.1, 0.15) is 0 Å². The van der Waals surface area contributed by atoms with Crippen LogP contribution in [0.1, 0.15) is 30.1 Å². The molecule has 0 radical (unpaired) electrons. The molecule has 2 saturated heterocycles. The molecule has 1 aromatic heterocycles. The number of hydrogen-bond acceptors (Lipinski definition) is 4. The van der Waals surface area contributed by atoms with E-state index in [0.29, 0.717) is 0 Å². The van der Waals surface area contributed by atoms with Gasteiger partial charge in [-0.25, -0.2) is 0 Å². The molecule has 2 aliphatic rings. The fraction of sp³-hybridized carbons (Fsp3) is 0.647. The first-order valence-corrected chi connectivity index (χ1v) is 8.31. The molecule has 0 atom stereocenters. The third-order valence-electron chi connectivity index (χ3n) is 4.91. The number of pyridine rings is 1. The van der Waals surface area contributed by atoms with E-state index < -0.39 is 0 Å². The average Bonchev–Trinajstić information content (AvgIpc) is 2.56. The monoisotopic (exact) mass is 302 g/mol. The number of likely N-dealkylation sites (tertiary alicyclic amines) is 1. The van der Waals surface area contributed by atoms with Gasteiger partial charge in [-0.15, -0.1) is 0 Å². The van der Waals surface area contributed by atoms with Crippen LogP contribution in [0.2, 0.25) is 0 Å². The Labute approximate surface area is 132 Å². The molecule has 0 aromatic carbocycles. The first-order valence-electron chi connectivity index (χ1n) is 8.31. The van der Waals surface area contributed by atoms with Gasteiger partial charge in [0.2, 0.25) is 0 Å². The summed E-state index contributed by atoms with van der Waals surface area (Å²) in [4.78, 5) is 23.6. The van der Waals surface area contributed by atoms with Crippen LogP contribution in [-0.2, 0) is 0 Å². The summed E-state index contributed by atoms with van der Waals surface area (Å²) in [6.45, 7) is 8.12. The van der Waals surface area contributed by atoms with Crippen molar-refractivity contribution in [2.75, 3.05) is 51.2 Å². The van der Waals surface area contributed by atoms with Gasteiger partial charge in [-0.05, 0) is 31.9 Å². The maximum absolute atomic E-state index is 12.7. The lowest BCUT2D eigenvalue weighted by Gasteiger charge is -2.34. The number of carbonyl (C=O) groups is 1. The SMILES string of the molecule is CC1CCN(C(=O)c2cncc(N3CCN(C)CC3)c2)CC1. The number of nitrogens with zero attached hydrogens (tertiary/aromatic N) is 4. The van der Waals surface area contributed by atoms with E-state index in [9.17, 15) is 4.79 Å². The number of anilines is 1. The average molecular weight is 302 g/mol. The van der Waals surface area contributed by atoms with Gasteiger partial charge in [0.15, 0.2) is 0 Å². The van der Waals surface area contributed by atoms with Crippen LogP contribution in [0.5, 0.6) is 0 Å². The molecule has 2 aliphatic heterocycles. The predicted molar refractivity (Wildman–Crippen MR) is 88.2 cm³/mol. The molecule has 0 spiro atoms. The number of piperidine rings is 1. The second-order valence-electron chi connectivity index (χ2n) is 6.70. The van der Waals surface area contributed by atoms with Gasteiger partial charge in [0.25, 0.3) is 5.91 Å². The summed E-state index contributed by atoms with van der Waals surface area (Å²) in [5, 5.41) is 0. The highest BCUT2D eigenvalue weighted by atomic mass is 16.2. The van der Waals surface area contributed by atoms with Crippen molar-refractivity contribution >= 4 is 11.6 Å². The number of hydrogen-bond donors (Lipinski definition) is 0. The normalized spacial score (nSPS) is 21.2. The number of carbonyl (C=O) groups excluding carboxylic acids is 1. The van der Waals surface area contributed by atoms with Crippen molar-refractivity contribution in [2.24, 2.45) is 5.92 Å². The Morgan fingerprint density at radius 3 is 2.45 bits per heavy atom. The predicted octanol–water partition coefficient (Wildman–Crippen LogP) is 1.71. The van der Waals surface area contributed by atoms with Crippen LogP contribution < -0.4 is 4.90 Å². The maximum Gasteiger partial charge on any atom is 0.255 e. The Morgan fingerprint density at radius 2 is 1.77 bits per heavy atom. The summed E-state index contributed by atoms with van der Waals surface area (Å²) in [5.41, 5.74) is 1.80. The van der Waals surface area contributed by atoms with Gasteiger partial charge in [-0.1, -0.05) is 6.92 Å². The fourth-order valence-electron chi connectivity index (χ4n) is 3.18. The van der Waals surface area contributed by atoms with Crippen LogP contribution in [0.4, 0.5) is 5.69 Å². The van der Waals surface area contributed by atoms with Crippen molar-refractivity contribution in [2.45, 2.75) is 19.8 Å². The smallest absolute Gasteiger partial charge is 0.255 e. The summed E-state index contributed by atoms with van der Waals surface area (Å²) in [5.74, 6) is 0.870. The first-order chi connectivity index (χ1) is 10.6. The number of rotatable bonds is 2. The molecule has 0 N–H and O–H groups in total. The molecule has 1 amide bonds. The molecule has 0 bridgehead atoms. The van der Waals surface area contributed by atoms with Gasteiger partial charge in [-0.3, -0.25) is 9.78 Å². The minimum atomic E-state index is 0.135. The van der Waals surface area contributed by atoms with Crippen LogP contribution in [0.15, 0.2) is 18.5 Å². The van der Waals surface area contributed by atoms with Crippen LogP contribution in [0.3, 0.4) is 0 Å². The number of likely N-dealkylation sites (N-methyl/N-ethyl adjacent to an activating group) is 1. The molecular formula is C17H26N4O. The molecule has 3 rings (SSSR count). The molecule has 22 heavy (non-hydrogen) atoms. The summed E-state index contributed by atoms with van der Waals surface area (Å²) in [6, 6.07) is 2.01. The van der Waals surface area contributed by atoms with Crippen molar-refractivity contribution in [3.63, 3.8) is 0 Å². The van der Waals surface area contributed by atoms with Crippen LogP contribution in [0.25, 0.3) is 0 Å². The Morgan fingerprint density at radius 1 is 1.09 bits per heavy atom. The van der Waals surface area contributed by atoms with E-state index in [-0.39, 0.29) is 5.91 Å². The minimum Gasteiger partial charge on any atom is -0.368 e. The highest BCUT2D eigenvalue weighted by Crippen LogP contribution is 2.21. The molecule has 5 heteroatoms. The van der Waals surface area contributed by atoms with Gasteiger partial charge >= 0.3 is 0 Å². The minimum absolute atomic E-state index is 0.135. The lowest BCUT2D eigenvalue weighted by Crippen LogP contribution is -2.44. The molecule has 0 saturated carbocycles. The number of aromatic nitrogens is 1. The topological polar surface area (TPSA) is 39.7 Å². The summed E-state index contributed by atoms with van der Waals surface area (Å²) in [7, 11) is 2.15. The standard InChI is InChI=1S/C17H26N4O/c1-14-3-5-21(6-4-14)17(22)15-11-16(13-18-12-15)20-9-7-19(2)8-10-20/h11-14H,3-10H2,1-2H3. The van der Waals surface area contributed by atoms with Crippen molar-refractivity contribution in [1.82, 2.24) is 14.8 Å². The molecular weight excluding hydrogens is 276 g/mol.